The maximum atomic E-state index is 5.99. The first-order valence-electron chi connectivity index (χ1n) is 59.9. The van der Waals surface area contributed by atoms with Gasteiger partial charge in [0.25, 0.3) is 0 Å². The summed E-state index contributed by atoms with van der Waals surface area (Å²) in [5, 5.41) is 0. The second kappa shape index (κ2) is 677. The zero-order valence-electron chi connectivity index (χ0n) is 121. The van der Waals surface area contributed by atoms with E-state index in [4.69, 9.17) is 5.73 Å². The summed E-state index contributed by atoms with van der Waals surface area (Å²) in [7, 11) is 4.16. The first-order valence-corrected chi connectivity index (χ1v) is 925. The molecular weight excluding hydrogens is 4500 g/mol. The molecule has 0 aliphatic rings. The summed E-state index contributed by atoms with van der Waals surface area (Å²) in [4.78, 5) is 4.56. The van der Waals surface area contributed by atoms with E-state index in [0.717, 1.165) is 17.1 Å². The number of hydrogen-bond acceptors (Lipinski definition) is 3. The van der Waals surface area contributed by atoms with E-state index in [9.17, 15) is 0 Å². The van der Waals surface area contributed by atoms with Gasteiger partial charge in [0.2, 0.25) is 0 Å². The third kappa shape index (κ3) is 641. The van der Waals surface area contributed by atoms with Crippen LogP contribution in [0.1, 0.15) is 6.99 Å². The van der Waals surface area contributed by atoms with E-state index in [1.807, 2.05) is 18.2 Å². The van der Waals surface area contributed by atoms with Gasteiger partial charge in [-0.05, 0) is 37.9 Å². The molecule has 0 atom stereocenters. The van der Waals surface area contributed by atoms with Crippen molar-refractivity contribution < 1.29 is 52.8 Å². The van der Waals surface area contributed by atoms with Crippen molar-refractivity contribution >= 4 is 3430 Å². The van der Waals surface area contributed by atoms with Gasteiger partial charge in [0.05, 0.1) is 0 Å². The van der Waals surface area contributed by atoms with Crippen LogP contribution in [0.25, 0.3) is 0 Å². The van der Waals surface area contributed by atoms with Gasteiger partial charge in [0.15, 0.2) is 0 Å². The Hall–Kier alpha value is 177. The molecular formula is C15H19K109N2S. The summed E-state index contributed by atoms with van der Waals surface area (Å²) >= 11 is 137. The van der Waals surface area contributed by atoms with Crippen molar-refractivity contribution in [2.24, 2.45) is 0 Å². The van der Waals surface area contributed by atoms with Crippen molar-refractivity contribution in [3.05, 3.63) is 54.1 Å². The number of anilines is 1. The molecule has 0 fully saturated rings. The third-order valence-electron chi connectivity index (χ3n) is 2.60. The number of nitrogens with two attached hydrogens (primary N) is 1. The van der Waals surface area contributed by atoms with Crippen molar-refractivity contribution in [2.75, 3.05) is 19.8 Å². The Kier molecular flexibility index (Phi) is 2380. The van der Waals surface area contributed by atoms with Crippen molar-refractivity contribution in [2.45, 2.75) is 16.3 Å². The Balaban J connectivity index is -0.00000000828. The number of nitrogens with zero attached hydrogens (tertiary/aromatic N) is 1. The monoisotopic (exact) mass is 4510 g/mol. The molecule has 0 spiro atoms. The van der Waals surface area contributed by atoms with E-state index in [-0.39, 0.29) is 52.8 Å². The van der Waals surface area contributed by atoms with Crippen LogP contribution < -0.4 is 57.1 Å². The molecule has 112 heteroatoms. The van der Waals surface area contributed by atoms with E-state index >= 15 is 0 Å². The fourth-order valence-corrected chi connectivity index (χ4v) is 2.75. The van der Waals surface area contributed by atoms with Crippen LogP contribution in [0.4, 0.5) is 5.69 Å². The zero-order valence-corrected chi connectivity index (χ0v) is 461. The van der Waals surface area contributed by atoms with Gasteiger partial charge in [0, 0.05) is 22.0 Å². The van der Waals surface area contributed by atoms with Gasteiger partial charge in [-0.25, -0.2) is 0 Å². The van der Waals surface area contributed by atoms with Crippen LogP contribution in [0.3, 0.4) is 0 Å². The molecule has 0 amide bonds. The molecule has 0 aromatic heterocycles. The molecule has 127 heavy (non-hydrogen) atoms. The minimum absolute atomic E-state index is 0. The summed E-state index contributed by atoms with van der Waals surface area (Å²) in [6, 6.07) is 16.5. The maximum absolute atomic E-state index is 5.99. The Morgan fingerprint density at radius 3 is 0.346 bits per heavy atom. The number of para-hydroxylation sites is 1. The predicted molar refractivity (Wildman–Crippen MR) is 701 cm³/mol. The second-order valence-corrected chi connectivity index (χ2v) is 5.57. The van der Waals surface area contributed by atoms with Crippen molar-refractivity contribution in [3.8, 4) is 0 Å². The molecule has 2 aromatic carbocycles. The van der Waals surface area contributed by atoms with Crippen LogP contribution in [0.5, 0.6) is 0 Å². The van der Waals surface area contributed by atoms with Crippen LogP contribution in [0, 0.1) is 0 Å². The SMILES string of the molecule is CN(C)Cc1ccccc1Sc1ccccc1N.[H-].[K+].[K][K].[K][K].[K][K].[K][K].[K][K].[K][K].[K][K].[K][K].[K][K].[K][K].[K][K].[K][K].[K][K].[K][K].[K][K].[K][K].[K][K].[K][K].[K][K].[K][K].[K][K].[K][K].[K][K].[K][K].[K][K].[K][K].[K][K].[K][K].[K][K].[K][K].[K][K].[K][K].[K][K].[K][K].[K][K].[K][K].[K][K].[K][K].[K][K].[K][K].[K][K].[K][K].[K][K].[K][K].[K][K].[K][K].[K][K].[K][K].[K][K].[K][K].[K][K].[K][K].[K][K].[K][K]. The van der Waals surface area contributed by atoms with Gasteiger partial charge in [-0.3, -0.25) is 0 Å². The molecule has 2 aromatic rings. The quantitative estimate of drug-likeness (QED) is 0.244. The Morgan fingerprint density at radius 2 is 0.252 bits per heavy atom. The van der Waals surface area contributed by atoms with Crippen LogP contribution in [0.15, 0.2) is 58.3 Å². The summed E-state index contributed by atoms with van der Waals surface area (Å²) in [5.74, 6) is 0. The molecule has 0 saturated heterocycles. The molecule has 0 aliphatic heterocycles. The van der Waals surface area contributed by atoms with Gasteiger partial charge in [-0.15, -0.1) is 0 Å². The molecule has 2 nitrogen and oxygen atoms in total. The van der Waals surface area contributed by atoms with Crippen molar-refractivity contribution in [1.82, 2.24) is 4.90 Å². The average Bonchev–Trinajstić information content (AvgIpc) is 0.858. The van der Waals surface area contributed by atoms with E-state index < -0.39 is 0 Å². The van der Waals surface area contributed by atoms with Crippen molar-refractivity contribution in [3.63, 3.8) is 0 Å². The normalized spacial score (nSPS) is 4.94. The molecule has 0 saturated carbocycles. The summed E-state index contributed by atoms with van der Waals surface area (Å²) in [5.41, 5.74) is 8.15. The van der Waals surface area contributed by atoms with Gasteiger partial charge in [0.1, 0.15) is 0 Å². The van der Waals surface area contributed by atoms with Crippen LogP contribution in [-0.2, 0) is 6.54 Å². The first-order chi connectivity index (χ1) is 62.7. The van der Waals surface area contributed by atoms with Gasteiger partial charge < -0.3 is 12.1 Å². The van der Waals surface area contributed by atoms with E-state index in [1.165, 1.54) is 3420 Å². The van der Waals surface area contributed by atoms with Gasteiger partial charge in [-0.2, -0.15) is 0 Å². The van der Waals surface area contributed by atoms with E-state index in [2.05, 4.69) is 49.3 Å². The van der Waals surface area contributed by atoms with Crippen molar-refractivity contribution in [1.29, 1.82) is 0 Å². The van der Waals surface area contributed by atoms with E-state index in [0.29, 0.717) is 0 Å². The molecule has 0 aliphatic carbocycles. The molecule has 0 unspecified atom stereocenters. The van der Waals surface area contributed by atoms with Crippen LogP contribution in [-0.4, -0.2) is 3430 Å². The number of nitrogen functional groups attached to an aromatic ring is 1. The topological polar surface area (TPSA) is 29.3 Å². The fourth-order valence-electron chi connectivity index (χ4n) is 1.77. The van der Waals surface area contributed by atoms with Crippen LogP contribution in [0.2, 0.25) is 0 Å². The summed E-state index contributed by atoms with van der Waals surface area (Å²) in [6.07, 6.45) is 0. The molecule has 2 rings (SSSR count). The zero-order chi connectivity index (χ0) is 121. The Bertz CT molecular complexity index is 607. The standard InChI is InChI=1S/C15H18N2S.109K.H/c1-17(2)11-12-7-3-5-9-14(12)18-15-10-6-4-8-13(15)16;;;;;;;;;;;;;;;;;;;;;;;;;;;;;;;;;;;;;;;;;;;;;;;;;;;;;;;;;;;;;;;;;;;;;;;;;;;;;;;;;;;;;;;;;;;;;;;;;;;;;;;;;;;;;;/h3-10H,11,16H2,1-2H3;;;;;;;;;;;;;;;;;;;;;;;;;;;;;;;;;;;;;;;;;;;;;;;;;;;;;;;;;;;;;;;;;;;;;;;;;;;;;;;;;;;;;;;;;;;;;;;;;;;;;;;;;;;;;;/q;;;;;;;;;;;;;;;;;;;;;;;;;;;;;;;;;;;;;;;;;;;;;;;;;;;;;;;;;;;;;;;;;;;;;;;;;;;;;;;;;;;;;;;;;;;;;;;;;;;;;;;;;;;;;+1;-1. The van der Waals surface area contributed by atoms with Gasteiger partial charge >= 0.3 is 3460 Å². The second-order valence-electron chi connectivity index (χ2n) is 4.49. The first kappa shape index (κ1) is 446. The Labute approximate surface area is 3310 Å². The molecule has 0 bridgehead atoms. The predicted octanol–water partition coefficient (Wildman–Crippen LogP) is -40.5. The third-order valence-corrected chi connectivity index (χ3v) is 3.81. The van der Waals surface area contributed by atoms with Gasteiger partial charge in [-0.1, -0.05) is 42.1 Å². The molecule has 2 N–H and O–H groups in total. The average molecular weight is 4520 g/mol. The molecule has 204 valence electrons. The number of hydrogen-bond donors (Lipinski definition) is 1. The molecule has 0 heterocycles. The van der Waals surface area contributed by atoms with E-state index in [1.54, 1.807) is 11.8 Å². The summed E-state index contributed by atoms with van der Waals surface area (Å²) in [6.45, 7) is 0.940. The minimum atomic E-state index is 0. The number of benzene rings is 2. The molecule has 0 radical (unpaired) electrons. The summed E-state index contributed by atoms with van der Waals surface area (Å²) < 4.78 is 0. The Morgan fingerprint density at radius 1 is 0.165 bits per heavy atom. The number of rotatable bonds is 4. The van der Waals surface area contributed by atoms with Crippen LogP contribution >= 0.6 is 11.8 Å². The fraction of sp³-hybridized carbons (Fsp3) is 0.200.